The molecule has 8 nitrogen and oxygen atoms in total. The molecule has 1 aromatic heterocycles. The summed E-state index contributed by atoms with van der Waals surface area (Å²) in [4.78, 5) is 19.0. The van der Waals surface area contributed by atoms with Gasteiger partial charge >= 0.3 is 6.09 Å². The first kappa shape index (κ1) is 21.1. The van der Waals surface area contributed by atoms with Gasteiger partial charge in [0, 0.05) is 45.1 Å². The molecule has 2 heterocycles. The van der Waals surface area contributed by atoms with Gasteiger partial charge in [-0.1, -0.05) is 6.92 Å². The first-order valence-corrected chi connectivity index (χ1v) is 9.77. The molecular weight excluding hydrogens is 344 g/mol. The summed E-state index contributed by atoms with van der Waals surface area (Å²) in [6.07, 6.45) is 4.29. The van der Waals surface area contributed by atoms with Crippen molar-refractivity contribution in [2.45, 2.75) is 59.2 Å². The molecule has 1 fully saturated rings. The Labute approximate surface area is 162 Å². The van der Waals surface area contributed by atoms with Gasteiger partial charge in [0.25, 0.3) is 0 Å². The predicted octanol–water partition coefficient (Wildman–Crippen LogP) is 2.08. The van der Waals surface area contributed by atoms with Crippen LogP contribution >= 0.6 is 0 Å². The van der Waals surface area contributed by atoms with Gasteiger partial charge < -0.3 is 20.3 Å². The van der Waals surface area contributed by atoms with Crippen molar-refractivity contribution in [1.82, 2.24) is 25.3 Å². The van der Waals surface area contributed by atoms with Gasteiger partial charge in [0.2, 0.25) is 0 Å². The lowest BCUT2D eigenvalue weighted by Gasteiger charge is -2.23. The van der Waals surface area contributed by atoms with Crippen LogP contribution in [0.4, 0.5) is 4.79 Å². The van der Waals surface area contributed by atoms with Crippen molar-refractivity contribution in [2.24, 2.45) is 10.9 Å². The molecule has 2 unspecified atom stereocenters. The van der Waals surface area contributed by atoms with Crippen molar-refractivity contribution < 1.29 is 9.53 Å². The molecule has 0 aromatic carbocycles. The highest BCUT2D eigenvalue weighted by atomic mass is 16.6. The SMILES string of the molecule is CCNC(=NCC(C)Cn1cccn1)N1CCC(NC(=O)OC(C)(C)C)C1. The van der Waals surface area contributed by atoms with E-state index in [4.69, 9.17) is 9.73 Å². The number of guanidine groups is 1. The first-order chi connectivity index (χ1) is 12.8. The van der Waals surface area contributed by atoms with Crippen LogP contribution in [0.1, 0.15) is 41.0 Å². The van der Waals surface area contributed by atoms with E-state index < -0.39 is 5.60 Å². The van der Waals surface area contributed by atoms with E-state index in [9.17, 15) is 4.79 Å². The minimum atomic E-state index is -0.483. The Morgan fingerprint density at radius 3 is 2.85 bits per heavy atom. The molecule has 0 radical (unpaired) electrons. The number of rotatable bonds is 6. The number of nitrogens with one attached hydrogen (secondary N) is 2. The third kappa shape index (κ3) is 7.48. The number of ether oxygens (including phenoxy) is 1. The molecule has 1 aliphatic rings. The summed E-state index contributed by atoms with van der Waals surface area (Å²) in [5.74, 6) is 1.29. The van der Waals surface area contributed by atoms with Crippen LogP contribution in [0.2, 0.25) is 0 Å². The van der Waals surface area contributed by atoms with Crippen molar-refractivity contribution >= 4 is 12.1 Å². The summed E-state index contributed by atoms with van der Waals surface area (Å²) in [6.45, 7) is 13.8. The van der Waals surface area contributed by atoms with Crippen molar-refractivity contribution in [1.29, 1.82) is 0 Å². The Balaban J connectivity index is 1.86. The van der Waals surface area contributed by atoms with E-state index in [2.05, 4.69) is 34.5 Å². The second kappa shape index (κ2) is 9.62. The molecule has 1 aliphatic heterocycles. The molecule has 152 valence electrons. The Morgan fingerprint density at radius 2 is 2.22 bits per heavy atom. The Bertz CT molecular complexity index is 608. The van der Waals surface area contributed by atoms with Gasteiger partial charge in [-0.3, -0.25) is 9.67 Å². The van der Waals surface area contributed by atoms with Crippen molar-refractivity contribution in [3.8, 4) is 0 Å². The number of amides is 1. The molecule has 1 saturated heterocycles. The van der Waals surface area contributed by atoms with Gasteiger partial charge in [-0.15, -0.1) is 0 Å². The summed E-state index contributed by atoms with van der Waals surface area (Å²) in [5, 5.41) is 10.6. The third-order valence-corrected chi connectivity index (χ3v) is 4.15. The van der Waals surface area contributed by atoms with E-state index in [1.807, 2.05) is 37.7 Å². The Kier molecular flexibility index (Phi) is 7.50. The lowest BCUT2D eigenvalue weighted by molar-refractivity contribution is 0.0507. The number of carbonyl (C=O) groups is 1. The molecule has 1 aromatic rings. The minimum absolute atomic E-state index is 0.0743. The van der Waals surface area contributed by atoms with Gasteiger partial charge in [-0.05, 0) is 46.1 Å². The van der Waals surface area contributed by atoms with Gasteiger partial charge in [-0.2, -0.15) is 5.10 Å². The minimum Gasteiger partial charge on any atom is -0.444 e. The van der Waals surface area contributed by atoms with Gasteiger partial charge in [-0.25, -0.2) is 4.79 Å². The molecule has 2 atom stereocenters. The first-order valence-electron chi connectivity index (χ1n) is 9.77. The smallest absolute Gasteiger partial charge is 0.407 e. The largest absolute Gasteiger partial charge is 0.444 e. The number of aliphatic imine (C=N–C) groups is 1. The Morgan fingerprint density at radius 1 is 1.44 bits per heavy atom. The summed E-state index contributed by atoms with van der Waals surface area (Å²) in [7, 11) is 0. The highest BCUT2D eigenvalue weighted by molar-refractivity contribution is 5.80. The van der Waals surface area contributed by atoms with Gasteiger partial charge in [0.15, 0.2) is 5.96 Å². The highest BCUT2D eigenvalue weighted by Gasteiger charge is 2.27. The van der Waals surface area contributed by atoms with Crippen LogP contribution in [0.25, 0.3) is 0 Å². The van der Waals surface area contributed by atoms with Crippen LogP contribution in [0.3, 0.4) is 0 Å². The molecule has 0 spiro atoms. The monoisotopic (exact) mass is 378 g/mol. The number of aromatic nitrogens is 2. The summed E-state index contributed by atoms with van der Waals surface area (Å²) in [6, 6.07) is 2.01. The van der Waals surface area contributed by atoms with E-state index in [-0.39, 0.29) is 12.1 Å². The zero-order valence-corrected chi connectivity index (χ0v) is 17.2. The molecular formula is C19H34N6O2. The van der Waals surface area contributed by atoms with E-state index in [0.717, 1.165) is 45.1 Å². The maximum atomic E-state index is 12.0. The van der Waals surface area contributed by atoms with Crippen LogP contribution in [-0.4, -0.2) is 64.6 Å². The number of hydrogen-bond donors (Lipinski definition) is 2. The average Bonchev–Trinajstić information content (AvgIpc) is 3.21. The number of carbonyl (C=O) groups excluding carboxylic acids is 1. The topological polar surface area (TPSA) is 83.8 Å². The second-order valence-corrected chi connectivity index (χ2v) is 8.11. The summed E-state index contributed by atoms with van der Waals surface area (Å²) in [5.41, 5.74) is -0.483. The van der Waals surface area contributed by atoms with Crippen molar-refractivity contribution in [3.05, 3.63) is 18.5 Å². The number of alkyl carbamates (subject to hydrolysis) is 1. The quantitative estimate of drug-likeness (QED) is 0.585. The van der Waals surface area contributed by atoms with Crippen LogP contribution < -0.4 is 10.6 Å². The summed E-state index contributed by atoms with van der Waals surface area (Å²) < 4.78 is 7.28. The Hall–Kier alpha value is -2.25. The van der Waals surface area contributed by atoms with E-state index in [0.29, 0.717) is 5.92 Å². The van der Waals surface area contributed by atoms with Crippen LogP contribution in [0, 0.1) is 5.92 Å². The normalized spacial score (nSPS) is 19.1. The molecule has 2 rings (SSSR count). The maximum Gasteiger partial charge on any atom is 0.407 e. The predicted molar refractivity (Wildman–Crippen MR) is 107 cm³/mol. The zero-order chi connectivity index (χ0) is 19.9. The fraction of sp³-hybridized carbons (Fsp3) is 0.737. The van der Waals surface area contributed by atoms with Gasteiger partial charge in [0.05, 0.1) is 6.04 Å². The lowest BCUT2D eigenvalue weighted by Crippen LogP contribution is -2.44. The fourth-order valence-corrected chi connectivity index (χ4v) is 3.00. The second-order valence-electron chi connectivity index (χ2n) is 8.11. The molecule has 27 heavy (non-hydrogen) atoms. The molecule has 0 bridgehead atoms. The standard InChI is InChI=1S/C19H34N6O2/c1-6-20-17(21-12-15(2)13-25-10-7-9-22-25)24-11-8-16(14-24)23-18(26)27-19(3,4)5/h7,9-10,15-16H,6,8,11-14H2,1-5H3,(H,20,21)(H,23,26). The van der Waals surface area contributed by atoms with Crippen molar-refractivity contribution in [3.63, 3.8) is 0 Å². The molecule has 0 aliphatic carbocycles. The summed E-state index contributed by atoms with van der Waals surface area (Å²) >= 11 is 0. The highest BCUT2D eigenvalue weighted by Crippen LogP contribution is 2.12. The number of nitrogens with zero attached hydrogens (tertiary/aromatic N) is 4. The zero-order valence-electron chi connectivity index (χ0n) is 17.2. The average molecular weight is 379 g/mol. The maximum absolute atomic E-state index is 12.0. The van der Waals surface area contributed by atoms with E-state index >= 15 is 0 Å². The third-order valence-electron chi connectivity index (χ3n) is 4.15. The van der Waals surface area contributed by atoms with Crippen molar-refractivity contribution in [2.75, 3.05) is 26.2 Å². The molecule has 8 heteroatoms. The molecule has 1 amide bonds. The molecule has 2 N–H and O–H groups in total. The fourth-order valence-electron chi connectivity index (χ4n) is 3.00. The van der Waals surface area contributed by atoms with Crippen LogP contribution in [-0.2, 0) is 11.3 Å². The van der Waals surface area contributed by atoms with Crippen LogP contribution in [0.5, 0.6) is 0 Å². The lowest BCUT2D eigenvalue weighted by atomic mass is 10.2. The van der Waals surface area contributed by atoms with E-state index in [1.54, 1.807) is 6.20 Å². The van der Waals surface area contributed by atoms with Gasteiger partial charge in [0.1, 0.15) is 5.60 Å². The molecule has 0 saturated carbocycles. The van der Waals surface area contributed by atoms with Crippen LogP contribution in [0.15, 0.2) is 23.5 Å². The number of likely N-dealkylation sites (tertiary alicyclic amines) is 1. The van der Waals surface area contributed by atoms with E-state index in [1.165, 1.54) is 0 Å². The number of hydrogen-bond acceptors (Lipinski definition) is 4.